The van der Waals surface area contributed by atoms with Crippen molar-refractivity contribution >= 4 is 287 Å². The van der Waals surface area contributed by atoms with Gasteiger partial charge in [0.1, 0.15) is 11.1 Å². The molecule has 164 valence electrons. The predicted octanol–water partition coefficient (Wildman–Crippen LogP) is 13.1. The Morgan fingerprint density at radius 3 is 0.444 bits per heavy atom. The average Bonchev–Trinajstić information content (AvgIpc) is 2.16. The van der Waals surface area contributed by atoms with Gasteiger partial charge in [0.05, 0.1) is 0 Å². The van der Waals surface area contributed by atoms with Gasteiger partial charge in [0.25, 0.3) is 0 Å². The SMILES string of the molecule is BrC(Br)(Br)C(NC(C(Br)(Br)Br)(C(Br)(Br)Br)C(Br)(Br)Br)(C(Br)(Br)Br)C(Br)(Br)Br. The van der Waals surface area contributed by atoms with Gasteiger partial charge in [-0.2, -0.15) is 0 Å². The maximum absolute atomic E-state index is 3.68. The van der Waals surface area contributed by atoms with Crippen molar-refractivity contribution in [2.24, 2.45) is 0 Å². The highest BCUT2D eigenvalue weighted by molar-refractivity contribution is 9.43. The molecule has 0 spiro atoms. The molecule has 0 amide bonds. The van der Waals surface area contributed by atoms with Crippen molar-refractivity contribution in [2.75, 3.05) is 0 Å². The average molecular weight is 1550 g/mol. The summed E-state index contributed by atoms with van der Waals surface area (Å²) in [7, 11) is 0. The lowest BCUT2D eigenvalue weighted by Crippen LogP contribution is -2.82. The number of alkyl halides is 18. The second-order valence-electron chi connectivity index (χ2n) is 4.61. The Morgan fingerprint density at radius 2 is 0.370 bits per heavy atom. The molecule has 1 nitrogen and oxygen atoms in total. The Hall–Kier alpha value is 8.60. The van der Waals surface area contributed by atoms with E-state index >= 15 is 0 Å². The Morgan fingerprint density at radius 1 is 0.259 bits per heavy atom. The van der Waals surface area contributed by atoms with Gasteiger partial charge in [-0.05, 0) is 0 Å². The fourth-order valence-corrected chi connectivity index (χ4v) is 28.5. The predicted molar refractivity (Wildman–Crippen MR) is 186 cm³/mol. The third-order valence-electron chi connectivity index (χ3n) is 2.93. The second kappa shape index (κ2) is 11.8. The van der Waals surface area contributed by atoms with E-state index in [2.05, 4.69) is 292 Å². The van der Waals surface area contributed by atoms with Crippen LogP contribution in [0.3, 0.4) is 0 Å². The van der Waals surface area contributed by atoms with Gasteiger partial charge < -0.3 is 0 Å². The van der Waals surface area contributed by atoms with Crippen LogP contribution in [0.5, 0.6) is 0 Å². The quantitative estimate of drug-likeness (QED) is 0.272. The Kier molecular flexibility index (Phi) is 15.5. The number of rotatable bonds is 2. The molecule has 0 aliphatic rings. The summed E-state index contributed by atoms with van der Waals surface area (Å²) in [6.07, 6.45) is 0. The molecule has 0 unspecified atom stereocenters. The fraction of sp³-hybridized carbons (Fsp3) is 1.00. The van der Waals surface area contributed by atoms with Crippen molar-refractivity contribution in [3.05, 3.63) is 0 Å². The van der Waals surface area contributed by atoms with Gasteiger partial charge in [0, 0.05) is 0 Å². The topological polar surface area (TPSA) is 12.0 Å². The van der Waals surface area contributed by atoms with Crippen LogP contribution >= 0.6 is 287 Å². The molecule has 0 aromatic heterocycles. The van der Waals surface area contributed by atoms with Crippen LogP contribution in [0.4, 0.5) is 0 Å². The van der Waals surface area contributed by atoms with Crippen LogP contribution in [-0.2, 0) is 0 Å². The smallest absolute Gasteiger partial charge is 0.159 e. The summed E-state index contributed by atoms with van der Waals surface area (Å²) < 4.78 is -5.71. The third-order valence-corrected chi connectivity index (χ3v) is 13.6. The summed E-state index contributed by atoms with van der Waals surface area (Å²) in [4.78, 5) is 0. The first-order chi connectivity index (χ1) is 11.2. The standard InChI is InChI=1S/C8HBr18N/c9-3(10,11)1(4(12,13)14,5(15,16)17)27-2(6(18,19)20,7(21,22)23)8(24,25)26/h27H. The maximum Gasteiger partial charge on any atom is 0.159 e. The minimum absolute atomic E-state index is 0.951. The lowest BCUT2D eigenvalue weighted by atomic mass is 10.00. The van der Waals surface area contributed by atoms with Crippen molar-refractivity contribution in [2.45, 2.75) is 23.9 Å². The Bertz CT molecular complexity index is 398. The van der Waals surface area contributed by atoms with Crippen molar-refractivity contribution in [1.82, 2.24) is 5.32 Å². The highest BCUT2D eigenvalue weighted by Crippen LogP contribution is 2.72. The van der Waals surface area contributed by atoms with E-state index in [0.717, 1.165) is 0 Å². The van der Waals surface area contributed by atoms with E-state index in [1.807, 2.05) is 0 Å². The monoisotopic (exact) mass is 1530 g/mol. The van der Waals surface area contributed by atoms with E-state index in [-0.39, 0.29) is 0 Å². The highest BCUT2D eigenvalue weighted by Gasteiger charge is 2.77. The first-order valence-electron chi connectivity index (χ1n) is 5.40. The van der Waals surface area contributed by atoms with Crippen molar-refractivity contribution in [3.8, 4) is 0 Å². The number of halogens is 18. The van der Waals surface area contributed by atoms with Gasteiger partial charge in [0.2, 0.25) is 0 Å². The molecule has 0 fully saturated rings. The highest BCUT2D eigenvalue weighted by atomic mass is 80.0. The summed E-state index contributed by atoms with van der Waals surface area (Å²) in [5.41, 5.74) is -2.21. The van der Waals surface area contributed by atoms with Gasteiger partial charge >= 0.3 is 0 Å². The summed E-state index contributed by atoms with van der Waals surface area (Å²) in [5, 5.41) is 3.68. The summed E-state index contributed by atoms with van der Waals surface area (Å²) >= 11 is 66.2. The number of hydrogen-bond acceptors (Lipinski definition) is 1. The molecule has 0 aromatic rings. The van der Waals surface area contributed by atoms with Crippen LogP contribution in [0.25, 0.3) is 0 Å². The molecule has 19 heteroatoms. The number of hydrogen-bond donors (Lipinski definition) is 1. The summed E-state index contributed by atoms with van der Waals surface area (Å²) in [6, 6.07) is 0. The molecule has 0 saturated carbocycles. The summed E-state index contributed by atoms with van der Waals surface area (Å²) in [5.74, 6) is 0. The van der Waals surface area contributed by atoms with E-state index in [9.17, 15) is 0 Å². The van der Waals surface area contributed by atoms with E-state index in [1.165, 1.54) is 0 Å². The molecule has 0 bridgehead atoms. The third kappa shape index (κ3) is 7.81. The molecule has 0 aliphatic carbocycles. The lowest BCUT2D eigenvalue weighted by molar-refractivity contribution is 0.268. The molecule has 27 heavy (non-hydrogen) atoms. The molecule has 0 aromatic carbocycles. The molecule has 0 rings (SSSR count). The first-order valence-corrected chi connectivity index (χ1v) is 19.7. The molecule has 0 saturated heterocycles. The lowest BCUT2D eigenvalue weighted by Gasteiger charge is -2.61. The minimum Gasteiger partial charge on any atom is -0.289 e. The molecular formula is C8HBr18N. The van der Waals surface area contributed by atoms with Crippen LogP contribution in [-0.4, -0.2) is 23.9 Å². The largest absolute Gasteiger partial charge is 0.289 e. The first kappa shape index (κ1) is 35.6. The molecule has 0 radical (unpaired) electrons. The summed E-state index contributed by atoms with van der Waals surface area (Å²) in [6.45, 7) is 0. The van der Waals surface area contributed by atoms with Gasteiger partial charge in [-0.3, -0.25) is 5.32 Å². The van der Waals surface area contributed by atoms with Crippen LogP contribution in [0.1, 0.15) is 0 Å². The van der Waals surface area contributed by atoms with Crippen molar-refractivity contribution in [1.29, 1.82) is 0 Å². The Labute approximate surface area is 308 Å². The van der Waals surface area contributed by atoms with E-state index in [4.69, 9.17) is 0 Å². The normalized spacial score (nSPS) is 16.7. The van der Waals surface area contributed by atoms with Gasteiger partial charge in [-0.1, -0.05) is 287 Å². The van der Waals surface area contributed by atoms with E-state index in [1.54, 1.807) is 0 Å². The fourth-order valence-electron chi connectivity index (χ4n) is 1.67. The molecule has 0 aliphatic heterocycles. The van der Waals surface area contributed by atoms with Gasteiger partial charge in [0.15, 0.2) is 12.9 Å². The van der Waals surface area contributed by atoms with Crippen LogP contribution in [0.2, 0.25) is 0 Å². The zero-order valence-corrected chi connectivity index (χ0v) is 39.9. The van der Waals surface area contributed by atoms with Crippen molar-refractivity contribution in [3.63, 3.8) is 0 Å². The zero-order valence-electron chi connectivity index (χ0n) is 11.3. The second-order valence-corrected chi connectivity index (χ2v) is 45.2. The van der Waals surface area contributed by atoms with Gasteiger partial charge in [-0.25, -0.2) is 0 Å². The Balaban J connectivity index is 7.45. The van der Waals surface area contributed by atoms with Gasteiger partial charge in [-0.15, -0.1) is 0 Å². The van der Waals surface area contributed by atoms with E-state index < -0.39 is 23.9 Å². The maximum atomic E-state index is 3.68. The minimum atomic E-state index is -1.10. The molecular weight excluding hydrogens is 1550 g/mol. The molecule has 1 N–H and O–H groups in total. The van der Waals surface area contributed by atoms with Crippen LogP contribution in [0, 0.1) is 0 Å². The number of nitrogens with one attached hydrogen (secondary N) is 1. The van der Waals surface area contributed by atoms with Crippen LogP contribution in [0.15, 0.2) is 0 Å². The van der Waals surface area contributed by atoms with Crippen LogP contribution < -0.4 is 5.32 Å². The molecule has 0 atom stereocenters. The van der Waals surface area contributed by atoms with Crippen molar-refractivity contribution < 1.29 is 0 Å². The molecule has 0 heterocycles. The zero-order chi connectivity index (χ0) is 22.7. The van der Waals surface area contributed by atoms with E-state index in [0.29, 0.717) is 0 Å².